The number of rotatable bonds is 3. The van der Waals surface area contributed by atoms with Gasteiger partial charge in [0.15, 0.2) is 0 Å². The zero-order valence-electron chi connectivity index (χ0n) is 25.6. The molecule has 2 saturated heterocycles. The van der Waals surface area contributed by atoms with Crippen LogP contribution >= 0.6 is 0 Å². The number of carbonyl (C=O) groups is 4. The van der Waals surface area contributed by atoms with Crippen LogP contribution in [0.25, 0.3) is 10.9 Å². The van der Waals surface area contributed by atoms with Crippen molar-refractivity contribution in [3.63, 3.8) is 0 Å². The predicted octanol–water partition coefficient (Wildman–Crippen LogP) is 2.74. The lowest BCUT2D eigenvalue weighted by Crippen LogP contribution is -2.79. The summed E-state index contributed by atoms with van der Waals surface area (Å²) in [4.78, 5) is 56.6. The van der Waals surface area contributed by atoms with E-state index in [0.717, 1.165) is 16.7 Å². The van der Waals surface area contributed by atoms with Gasteiger partial charge in [-0.25, -0.2) is 4.79 Å². The van der Waals surface area contributed by atoms with Crippen LogP contribution in [0, 0.1) is 5.92 Å². The van der Waals surface area contributed by atoms with Gasteiger partial charge in [-0.15, -0.1) is 0 Å². The number of para-hydroxylation sites is 2. The Labute approximate surface area is 254 Å². The van der Waals surface area contributed by atoms with Crippen LogP contribution in [0.3, 0.4) is 0 Å². The highest BCUT2D eigenvalue weighted by molar-refractivity contribution is 6.05. The molecular formula is C32H36N4O8. The van der Waals surface area contributed by atoms with Gasteiger partial charge >= 0.3 is 12.1 Å². The number of likely N-dealkylation sites (N-methyl/N-ethyl adjacent to an activating group) is 1. The summed E-state index contributed by atoms with van der Waals surface area (Å²) in [5.41, 5.74) is -5.47. The molecule has 0 unspecified atom stereocenters. The molecule has 4 heterocycles. The molecule has 0 saturated carbocycles. The van der Waals surface area contributed by atoms with Crippen molar-refractivity contribution in [1.29, 1.82) is 0 Å². The number of aliphatic hydroxyl groups is 2. The van der Waals surface area contributed by atoms with E-state index in [1.165, 1.54) is 17.8 Å². The molecule has 232 valence electrons. The average Bonchev–Trinajstić information content (AvgIpc) is 3.55. The molecule has 3 N–H and O–H groups in total. The minimum atomic E-state index is -2.77. The average molecular weight is 605 g/mol. The number of carbonyl (C=O) groups excluding carboxylic acids is 4. The number of hydrogen-bond donors (Lipinski definition) is 3. The van der Waals surface area contributed by atoms with Crippen LogP contribution in [0.2, 0.25) is 0 Å². The largest absolute Gasteiger partial charge is 0.443 e. The normalized spacial score (nSPS) is 29.4. The number of ether oxygens (including phenoxy) is 2. The maximum absolute atomic E-state index is 14.7. The standard InChI is InChI=1S/C32H36N4O8/c1-17(2)32(43-18(3)37)27(40)36-25-30(20-13-9-10-14-22(20)33-25,24(38)31(36,42)26(39)34(32)7)21-16-35(28(41)44-29(4,5)6)23-15-11-8-12-19(21)23/h8-17,24-25,33,38,42H,1-7H3/t24-,25+,30+,31+,32-/m0/s1. The van der Waals surface area contributed by atoms with Gasteiger partial charge in [-0.05, 0) is 44.0 Å². The highest BCUT2D eigenvalue weighted by Crippen LogP contribution is 2.61. The first-order valence-corrected chi connectivity index (χ1v) is 14.5. The lowest BCUT2D eigenvalue weighted by molar-refractivity contribution is -0.250. The lowest BCUT2D eigenvalue weighted by Gasteiger charge is -2.53. The zero-order chi connectivity index (χ0) is 32.1. The molecule has 12 heteroatoms. The summed E-state index contributed by atoms with van der Waals surface area (Å²) < 4.78 is 12.6. The maximum Gasteiger partial charge on any atom is 0.419 e. The molecule has 3 aliphatic rings. The van der Waals surface area contributed by atoms with Crippen LogP contribution < -0.4 is 5.32 Å². The Morgan fingerprint density at radius 2 is 1.64 bits per heavy atom. The Kier molecular flexibility index (Phi) is 6.26. The van der Waals surface area contributed by atoms with E-state index in [0.29, 0.717) is 27.7 Å². The Morgan fingerprint density at radius 1 is 1.00 bits per heavy atom. The molecule has 2 aromatic carbocycles. The van der Waals surface area contributed by atoms with Crippen molar-refractivity contribution >= 4 is 40.5 Å². The highest BCUT2D eigenvalue weighted by Gasteiger charge is 2.80. The molecule has 3 aromatic rings. The molecule has 0 bridgehead atoms. The molecule has 0 spiro atoms. The number of nitrogens with one attached hydrogen (secondary N) is 1. The number of anilines is 1. The monoisotopic (exact) mass is 604 g/mol. The van der Waals surface area contributed by atoms with Crippen LogP contribution in [0.1, 0.15) is 52.7 Å². The first kappa shape index (κ1) is 29.6. The Morgan fingerprint density at radius 3 is 2.27 bits per heavy atom. The molecule has 6 rings (SSSR count). The number of nitrogens with zero attached hydrogens (tertiary/aromatic N) is 3. The third-order valence-electron chi connectivity index (χ3n) is 9.01. The van der Waals surface area contributed by atoms with Crippen molar-refractivity contribution in [2.75, 3.05) is 12.4 Å². The second-order valence-corrected chi connectivity index (χ2v) is 13.0. The maximum atomic E-state index is 14.7. The molecule has 0 radical (unpaired) electrons. The quantitative estimate of drug-likeness (QED) is 0.384. The van der Waals surface area contributed by atoms with Gasteiger partial charge in [-0.3, -0.25) is 28.8 Å². The van der Waals surface area contributed by atoms with Crippen LogP contribution in [-0.4, -0.2) is 84.8 Å². The third kappa shape index (κ3) is 3.52. The van der Waals surface area contributed by atoms with E-state index in [1.54, 1.807) is 83.1 Å². The van der Waals surface area contributed by atoms with Crippen molar-refractivity contribution in [3.05, 3.63) is 65.9 Å². The van der Waals surface area contributed by atoms with Gasteiger partial charge in [0.05, 0.1) is 10.9 Å². The number of hydrogen-bond acceptors (Lipinski definition) is 9. The van der Waals surface area contributed by atoms with E-state index in [-0.39, 0.29) is 0 Å². The third-order valence-corrected chi connectivity index (χ3v) is 9.01. The second-order valence-electron chi connectivity index (χ2n) is 13.0. The van der Waals surface area contributed by atoms with Gasteiger partial charge in [0.25, 0.3) is 23.3 Å². The molecular weight excluding hydrogens is 568 g/mol. The second kappa shape index (κ2) is 9.29. The first-order valence-electron chi connectivity index (χ1n) is 14.5. The van der Waals surface area contributed by atoms with E-state index in [1.807, 2.05) is 0 Å². The summed E-state index contributed by atoms with van der Waals surface area (Å²) in [5, 5.41) is 28.6. The van der Waals surface area contributed by atoms with Crippen molar-refractivity contribution in [3.8, 4) is 0 Å². The predicted molar refractivity (Wildman–Crippen MR) is 158 cm³/mol. The minimum Gasteiger partial charge on any atom is -0.443 e. The summed E-state index contributed by atoms with van der Waals surface area (Å²) in [5.74, 6) is -3.44. The Hall–Kier alpha value is -4.42. The lowest BCUT2D eigenvalue weighted by atomic mass is 9.69. The summed E-state index contributed by atoms with van der Waals surface area (Å²) in [6.07, 6.45) is -2.32. The van der Waals surface area contributed by atoms with Crippen molar-refractivity contribution in [2.24, 2.45) is 5.92 Å². The number of amides is 2. The van der Waals surface area contributed by atoms with Crippen LogP contribution in [0.15, 0.2) is 54.7 Å². The van der Waals surface area contributed by atoms with Crippen LogP contribution in [-0.2, 0) is 29.3 Å². The summed E-state index contributed by atoms with van der Waals surface area (Å²) in [6.45, 7) is 9.62. The molecule has 1 aromatic heterocycles. The van der Waals surface area contributed by atoms with E-state index >= 15 is 0 Å². The summed E-state index contributed by atoms with van der Waals surface area (Å²) in [6, 6.07) is 14.0. The van der Waals surface area contributed by atoms with Crippen LogP contribution in [0.5, 0.6) is 0 Å². The van der Waals surface area contributed by atoms with E-state index in [4.69, 9.17) is 9.47 Å². The van der Waals surface area contributed by atoms with Gasteiger partial charge in [0, 0.05) is 37.2 Å². The van der Waals surface area contributed by atoms with Gasteiger partial charge < -0.3 is 25.0 Å². The van der Waals surface area contributed by atoms with Crippen molar-refractivity contribution in [2.45, 2.75) is 76.3 Å². The van der Waals surface area contributed by atoms with E-state index < -0.39 is 64.5 Å². The SMILES string of the molecule is CC(=O)O[C@@]1(C(C)C)C(=O)N2[C@H]3Nc4ccccc4[C@@]3(c3cn(C(=O)OC(C)(C)C)c4ccccc34)[C@H](O)[C@@]2(O)C(=O)N1C. The Balaban J connectivity index is 1.67. The molecule has 3 aliphatic heterocycles. The number of esters is 1. The summed E-state index contributed by atoms with van der Waals surface area (Å²) in [7, 11) is 1.27. The smallest absolute Gasteiger partial charge is 0.419 e. The van der Waals surface area contributed by atoms with Crippen LogP contribution in [0.4, 0.5) is 10.5 Å². The first-order chi connectivity index (χ1) is 20.5. The zero-order valence-corrected chi connectivity index (χ0v) is 25.6. The number of aliphatic hydroxyl groups excluding tert-OH is 1. The fourth-order valence-corrected chi connectivity index (χ4v) is 7.29. The highest BCUT2D eigenvalue weighted by atomic mass is 16.6. The van der Waals surface area contributed by atoms with Gasteiger partial charge in [-0.2, -0.15) is 0 Å². The van der Waals surface area contributed by atoms with E-state index in [9.17, 15) is 29.4 Å². The van der Waals surface area contributed by atoms with Gasteiger partial charge in [0.2, 0.25) is 0 Å². The van der Waals surface area contributed by atoms with Crippen molar-refractivity contribution < 1.29 is 38.9 Å². The van der Waals surface area contributed by atoms with Gasteiger partial charge in [-0.1, -0.05) is 50.2 Å². The number of benzene rings is 2. The van der Waals surface area contributed by atoms with Gasteiger partial charge in [0.1, 0.15) is 17.9 Å². The molecule has 12 nitrogen and oxygen atoms in total. The molecule has 2 amide bonds. The number of piperazine rings is 1. The van der Waals surface area contributed by atoms with Crippen molar-refractivity contribution in [1.82, 2.24) is 14.4 Å². The number of aromatic nitrogens is 1. The fourth-order valence-electron chi connectivity index (χ4n) is 7.29. The van der Waals surface area contributed by atoms with E-state index in [2.05, 4.69) is 5.32 Å². The molecule has 44 heavy (non-hydrogen) atoms. The topological polar surface area (TPSA) is 151 Å². The summed E-state index contributed by atoms with van der Waals surface area (Å²) >= 11 is 0. The number of fused-ring (bicyclic) bond motifs is 6. The molecule has 0 aliphatic carbocycles. The minimum absolute atomic E-state index is 0.377. The fraction of sp³-hybridized carbons (Fsp3) is 0.438. The molecule has 2 fully saturated rings. The molecule has 5 atom stereocenters. The Bertz CT molecular complexity index is 1740.